The summed E-state index contributed by atoms with van der Waals surface area (Å²) in [5.41, 5.74) is 1.52. The van der Waals surface area contributed by atoms with E-state index < -0.39 is 11.7 Å². The molecule has 1 saturated carbocycles. The molecule has 1 aromatic heterocycles. The predicted molar refractivity (Wildman–Crippen MR) is 108 cm³/mol. The molecule has 1 aliphatic carbocycles. The van der Waals surface area contributed by atoms with Gasteiger partial charge in [0.25, 0.3) is 0 Å². The van der Waals surface area contributed by atoms with Gasteiger partial charge in [-0.1, -0.05) is 25.0 Å². The fourth-order valence-corrected chi connectivity index (χ4v) is 4.55. The van der Waals surface area contributed by atoms with Crippen LogP contribution in [0, 0.1) is 0 Å². The standard InChI is InChI=1S/C22H19BrF3NO2/c23-21-17-10-15(6-8-19(17)27-20(21)11-28)29-12-13-5-7-16(14-3-1-2-4-14)18(9-13)22(24,25)26/h5-11,14,27H,1-4,12H2. The summed E-state index contributed by atoms with van der Waals surface area (Å²) in [6.07, 6.45) is -0.0740. The molecule has 0 unspecified atom stereocenters. The van der Waals surface area contributed by atoms with E-state index in [0.717, 1.165) is 42.9 Å². The molecule has 1 fully saturated rings. The van der Waals surface area contributed by atoms with Crippen LogP contribution in [0.3, 0.4) is 0 Å². The fraction of sp³-hybridized carbons (Fsp3) is 0.318. The smallest absolute Gasteiger partial charge is 0.416 e. The Morgan fingerprint density at radius 3 is 2.59 bits per heavy atom. The highest BCUT2D eigenvalue weighted by atomic mass is 79.9. The van der Waals surface area contributed by atoms with Crippen LogP contribution in [0.2, 0.25) is 0 Å². The minimum Gasteiger partial charge on any atom is -0.489 e. The van der Waals surface area contributed by atoms with Gasteiger partial charge in [0.15, 0.2) is 6.29 Å². The second kappa shape index (κ2) is 7.86. The Hall–Kier alpha value is -2.28. The molecular formula is C22H19BrF3NO2. The first kappa shape index (κ1) is 20.0. The lowest BCUT2D eigenvalue weighted by Gasteiger charge is -2.19. The second-order valence-corrected chi connectivity index (χ2v) is 8.16. The van der Waals surface area contributed by atoms with Crippen LogP contribution in [-0.4, -0.2) is 11.3 Å². The minimum absolute atomic E-state index is 0.0121. The number of H-pyrrole nitrogens is 1. The lowest BCUT2D eigenvalue weighted by Crippen LogP contribution is -2.12. The highest BCUT2D eigenvalue weighted by Gasteiger charge is 2.36. The first-order valence-electron chi connectivity index (χ1n) is 9.46. The Bertz CT molecular complexity index is 1050. The van der Waals surface area contributed by atoms with Crippen molar-refractivity contribution >= 4 is 33.1 Å². The molecule has 3 aromatic rings. The summed E-state index contributed by atoms with van der Waals surface area (Å²) in [7, 11) is 0. The third-order valence-corrected chi connectivity index (χ3v) is 6.33. The Morgan fingerprint density at radius 1 is 1.14 bits per heavy atom. The second-order valence-electron chi connectivity index (χ2n) is 7.37. The van der Waals surface area contributed by atoms with Crippen molar-refractivity contribution in [2.75, 3.05) is 0 Å². The van der Waals surface area contributed by atoms with Crippen molar-refractivity contribution in [3.05, 3.63) is 63.3 Å². The van der Waals surface area contributed by atoms with E-state index in [1.807, 2.05) is 0 Å². The van der Waals surface area contributed by atoms with Gasteiger partial charge in [-0.15, -0.1) is 0 Å². The van der Waals surface area contributed by atoms with E-state index >= 15 is 0 Å². The number of benzene rings is 2. The maximum atomic E-state index is 13.6. The molecule has 1 N–H and O–H groups in total. The van der Waals surface area contributed by atoms with E-state index in [2.05, 4.69) is 20.9 Å². The van der Waals surface area contributed by atoms with Crippen molar-refractivity contribution < 1.29 is 22.7 Å². The largest absolute Gasteiger partial charge is 0.489 e. The quantitative estimate of drug-likeness (QED) is 0.412. The summed E-state index contributed by atoms with van der Waals surface area (Å²) < 4.78 is 47.2. The van der Waals surface area contributed by atoms with Crippen molar-refractivity contribution in [3.8, 4) is 5.75 Å². The lowest BCUT2D eigenvalue weighted by molar-refractivity contribution is -0.138. The number of carbonyl (C=O) groups is 1. The van der Waals surface area contributed by atoms with Crippen molar-refractivity contribution in [3.63, 3.8) is 0 Å². The number of aldehydes is 1. The summed E-state index contributed by atoms with van der Waals surface area (Å²) in [5, 5.41) is 0.775. The van der Waals surface area contributed by atoms with Gasteiger partial charge in [-0.05, 0) is 70.1 Å². The zero-order valence-electron chi connectivity index (χ0n) is 15.5. The average molecular weight is 466 g/mol. The maximum Gasteiger partial charge on any atom is 0.416 e. The highest BCUT2D eigenvalue weighted by molar-refractivity contribution is 9.10. The number of nitrogens with one attached hydrogen (secondary N) is 1. The van der Waals surface area contributed by atoms with Crippen molar-refractivity contribution in [2.45, 2.75) is 44.4 Å². The molecule has 0 saturated heterocycles. The monoisotopic (exact) mass is 465 g/mol. The number of aromatic nitrogens is 1. The summed E-state index contributed by atoms with van der Waals surface area (Å²) in [6.45, 7) is 0.0299. The van der Waals surface area contributed by atoms with Crippen LogP contribution in [0.15, 0.2) is 40.9 Å². The van der Waals surface area contributed by atoms with Crippen LogP contribution >= 0.6 is 15.9 Å². The van der Waals surface area contributed by atoms with Gasteiger partial charge in [0.05, 0.1) is 15.7 Å². The van der Waals surface area contributed by atoms with E-state index in [-0.39, 0.29) is 12.5 Å². The molecule has 0 aliphatic heterocycles. The molecule has 0 amide bonds. The number of rotatable bonds is 5. The summed E-state index contributed by atoms with van der Waals surface area (Å²) >= 11 is 3.37. The predicted octanol–water partition coefficient (Wildman–Crippen LogP) is 7.00. The van der Waals surface area contributed by atoms with Crippen LogP contribution in [-0.2, 0) is 12.8 Å². The zero-order valence-corrected chi connectivity index (χ0v) is 17.1. The fourth-order valence-electron chi connectivity index (χ4n) is 4.03. The first-order valence-corrected chi connectivity index (χ1v) is 10.3. The minimum atomic E-state index is -4.38. The topological polar surface area (TPSA) is 42.1 Å². The molecule has 2 aromatic carbocycles. The first-order chi connectivity index (χ1) is 13.9. The van der Waals surface area contributed by atoms with Gasteiger partial charge in [-0.2, -0.15) is 13.2 Å². The molecule has 4 rings (SSSR count). The van der Waals surface area contributed by atoms with Gasteiger partial charge >= 0.3 is 6.18 Å². The Kier molecular flexibility index (Phi) is 5.42. The number of fused-ring (bicyclic) bond motifs is 1. The summed E-state index contributed by atoms with van der Waals surface area (Å²) in [6, 6.07) is 9.78. The normalized spacial score (nSPS) is 15.2. The van der Waals surface area contributed by atoms with Crippen LogP contribution in [0.25, 0.3) is 10.9 Å². The number of aromatic amines is 1. The van der Waals surface area contributed by atoms with E-state index in [9.17, 15) is 18.0 Å². The van der Waals surface area contributed by atoms with Gasteiger partial charge in [-0.3, -0.25) is 4.79 Å². The maximum absolute atomic E-state index is 13.6. The van der Waals surface area contributed by atoms with E-state index in [0.29, 0.717) is 27.0 Å². The molecule has 0 radical (unpaired) electrons. The van der Waals surface area contributed by atoms with Gasteiger partial charge in [0, 0.05) is 10.9 Å². The SMILES string of the molecule is O=Cc1[nH]c2ccc(OCc3ccc(C4CCCC4)c(C(F)(F)F)c3)cc2c1Br. The van der Waals surface area contributed by atoms with Crippen LogP contribution in [0.4, 0.5) is 13.2 Å². The summed E-state index contributed by atoms with van der Waals surface area (Å²) in [5.74, 6) is 0.505. The third-order valence-electron chi connectivity index (χ3n) is 5.47. The molecule has 0 bridgehead atoms. The zero-order chi connectivity index (χ0) is 20.6. The molecule has 3 nitrogen and oxygen atoms in total. The van der Waals surface area contributed by atoms with Gasteiger partial charge < -0.3 is 9.72 Å². The number of hydrogen-bond donors (Lipinski definition) is 1. The van der Waals surface area contributed by atoms with Crippen molar-refractivity contribution in [2.24, 2.45) is 0 Å². The summed E-state index contributed by atoms with van der Waals surface area (Å²) in [4.78, 5) is 14.0. The number of halogens is 4. The number of alkyl halides is 3. The molecule has 1 heterocycles. The third kappa shape index (κ3) is 4.06. The van der Waals surface area contributed by atoms with Gasteiger partial charge in [0.1, 0.15) is 12.4 Å². The average Bonchev–Trinajstić information content (AvgIpc) is 3.34. The van der Waals surface area contributed by atoms with Crippen LogP contribution < -0.4 is 4.74 Å². The molecule has 0 atom stereocenters. The van der Waals surface area contributed by atoms with Gasteiger partial charge in [-0.25, -0.2) is 0 Å². The molecule has 152 valence electrons. The Balaban J connectivity index is 1.57. The Morgan fingerprint density at radius 2 is 1.90 bits per heavy atom. The van der Waals surface area contributed by atoms with Crippen LogP contribution in [0.1, 0.15) is 58.8 Å². The molecule has 29 heavy (non-hydrogen) atoms. The molecule has 1 aliphatic rings. The van der Waals surface area contributed by atoms with Crippen molar-refractivity contribution in [1.82, 2.24) is 4.98 Å². The molecular weight excluding hydrogens is 447 g/mol. The highest BCUT2D eigenvalue weighted by Crippen LogP contribution is 2.42. The number of carbonyl (C=O) groups excluding carboxylic acids is 1. The van der Waals surface area contributed by atoms with Crippen LogP contribution in [0.5, 0.6) is 5.75 Å². The molecule has 7 heteroatoms. The molecule has 0 spiro atoms. The van der Waals surface area contributed by atoms with E-state index in [4.69, 9.17) is 4.74 Å². The van der Waals surface area contributed by atoms with Gasteiger partial charge in [0.2, 0.25) is 0 Å². The lowest BCUT2D eigenvalue weighted by atomic mass is 9.91. The van der Waals surface area contributed by atoms with Crippen molar-refractivity contribution in [1.29, 1.82) is 0 Å². The van der Waals surface area contributed by atoms with E-state index in [1.165, 1.54) is 6.07 Å². The number of hydrogen-bond acceptors (Lipinski definition) is 2. The Labute approximate surface area is 174 Å². The number of ether oxygens (including phenoxy) is 1. The van der Waals surface area contributed by atoms with E-state index in [1.54, 1.807) is 30.3 Å².